The fraction of sp³-hybridized carbons (Fsp3) is 0.778. The second-order valence-electron chi connectivity index (χ2n) is 2.59. The summed E-state index contributed by atoms with van der Waals surface area (Å²) >= 11 is 1.56. The maximum absolute atomic E-state index is 10.0. The monoisotopic (exact) mass is 190 g/mol. The van der Waals surface area contributed by atoms with E-state index in [1.807, 2.05) is 13.2 Å². The van der Waals surface area contributed by atoms with Gasteiger partial charge in [0.1, 0.15) is 11.6 Å². The molecule has 0 atom stereocenters. The largest absolute Gasteiger partial charge is 0.300 e. The predicted molar refractivity (Wildman–Crippen MR) is 54.7 cm³/mol. The molecule has 72 valence electrons. The topological polar surface area (TPSA) is 34.1 Å². The molecule has 0 bridgehead atoms. The van der Waals surface area contributed by atoms with Crippen molar-refractivity contribution in [2.45, 2.75) is 33.6 Å². The number of carbonyl (C=O) groups is 2. The van der Waals surface area contributed by atoms with Gasteiger partial charge in [-0.15, -0.1) is 0 Å². The zero-order valence-corrected chi connectivity index (χ0v) is 9.16. The van der Waals surface area contributed by atoms with Crippen molar-refractivity contribution >= 4 is 23.3 Å². The normalized spacial score (nSPS) is 8.33. The van der Waals surface area contributed by atoms with E-state index in [9.17, 15) is 9.59 Å². The summed E-state index contributed by atoms with van der Waals surface area (Å²) in [7, 11) is 0. The first kappa shape index (κ1) is 14.2. The minimum absolute atomic E-state index is 0.252. The van der Waals surface area contributed by atoms with E-state index in [-0.39, 0.29) is 11.6 Å². The Morgan fingerprint density at radius 1 is 1.17 bits per heavy atom. The van der Waals surface area contributed by atoms with E-state index in [0.29, 0.717) is 5.75 Å². The van der Waals surface area contributed by atoms with E-state index >= 15 is 0 Å². The molecule has 0 aliphatic carbocycles. The molecule has 2 nitrogen and oxygen atoms in total. The van der Waals surface area contributed by atoms with Gasteiger partial charge < -0.3 is 4.79 Å². The first-order chi connectivity index (χ1) is 5.54. The highest BCUT2D eigenvalue weighted by Crippen LogP contribution is 1.88. The quantitative estimate of drug-likeness (QED) is 0.682. The summed E-state index contributed by atoms with van der Waals surface area (Å²) in [6.07, 6.45) is 3.64. The highest BCUT2D eigenvalue weighted by Gasteiger charge is 1.84. The van der Waals surface area contributed by atoms with Gasteiger partial charge in [-0.1, -0.05) is 6.92 Å². The summed E-state index contributed by atoms with van der Waals surface area (Å²) in [6.45, 7) is 5.21. The zero-order valence-electron chi connectivity index (χ0n) is 8.35. The number of hydrogen-bond donors (Lipinski definition) is 0. The Kier molecular flexibility index (Phi) is 12.7. The van der Waals surface area contributed by atoms with Crippen LogP contribution < -0.4 is 0 Å². The van der Waals surface area contributed by atoms with Gasteiger partial charge in [-0.25, -0.2) is 0 Å². The smallest absolute Gasteiger partial charge is 0.139 e. The molecule has 0 heterocycles. The molecule has 0 spiro atoms. The molecule has 0 aromatic heterocycles. The number of rotatable bonds is 4. The lowest BCUT2D eigenvalue weighted by Gasteiger charge is -1.81. The van der Waals surface area contributed by atoms with Crippen molar-refractivity contribution in [3.8, 4) is 0 Å². The number of ketones is 2. The van der Waals surface area contributed by atoms with Crippen LogP contribution in [0.3, 0.4) is 0 Å². The van der Waals surface area contributed by atoms with Crippen LogP contribution in [0.15, 0.2) is 0 Å². The number of hydrogen-bond acceptors (Lipinski definition) is 3. The lowest BCUT2D eigenvalue weighted by atomic mass is 10.3. The summed E-state index contributed by atoms with van der Waals surface area (Å²) in [5, 5.41) is 0. The van der Waals surface area contributed by atoms with Gasteiger partial charge in [0.2, 0.25) is 0 Å². The Balaban J connectivity index is 0. The molecule has 0 aromatic rings. The van der Waals surface area contributed by atoms with Gasteiger partial charge in [-0.05, 0) is 26.5 Å². The van der Waals surface area contributed by atoms with Crippen molar-refractivity contribution in [1.82, 2.24) is 0 Å². The molecule has 0 fully saturated rings. The van der Waals surface area contributed by atoms with E-state index in [4.69, 9.17) is 0 Å². The second kappa shape index (κ2) is 10.7. The average molecular weight is 190 g/mol. The molecule has 0 saturated carbocycles. The maximum Gasteiger partial charge on any atom is 0.139 e. The molecule has 0 radical (unpaired) electrons. The number of thioether (sulfide) groups is 1. The zero-order chi connectivity index (χ0) is 9.98. The Bertz CT molecular complexity index is 116. The summed E-state index contributed by atoms with van der Waals surface area (Å²) in [6, 6.07) is 0. The standard InChI is InChI=1S/C5H10O.C4H8OS/c1-3-4-5(2)6;1-4(5)3-6-2/h3-4H2,1-2H3;3H2,1-2H3. The Morgan fingerprint density at radius 3 is 1.67 bits per heavy atom. The third-order valence-electron chi connectivity index (χ3n) is 0.950. The molecule has 0 aromatic carbocycles. The van der Waals surface area contributed by atoms with Gasteiger partial charge in [-0.2, -0.15) is 11.8 Å². The van der Waals surface area contributed by atoms with Crippen LogP contribution in [-0.4, -0.2) is 23.6 Å². The minimum Gasteiger partial charge on any atom is -0.300 e. The molecular weight excluding hydrogens is 172 g/mol. The first-order valence-corrected chi connectivity index (χ1v) is 5.41. The maximum atomic E-state index is 10.0. The number of Topliss-reactive ketones (excluding diaryl/α,β-unsaturated/α-hetero) is 2. The van der Waals surface area contributed by atoms with E-state index in [1.54, 1.807) is 25.6 Å². The molecule has 0 amide bonds. The van der Waals surface area contributed by atoms with Crippen molar-refractivity contribution in [3.63, 3.8) is 0 Å². The molecule has 12 heavy (non-hydrogen) atoms. The fourth-order valence-corrected chi connectivity index (χ4v) is 0.962. The minimum atomic E-state index is 0.252. The number of carbonyl (C=O) groups excluding carboxylic acids is 2. The van der Waals surface area contributed by atoms with Crippen LogP contribution in [0, 0.1) is 0 Å². The van der Waals surface area contributed by atoms with Crippen LogP contribution >= 0.6 is 11.8 Å². The molecule has 0 unspecified atom stereocenters. The Hall–Kier alpha value is -0.310. The van der Waals surface area contributed by atoms with Crippen molar-refractivity contribution in [2.75, 3.05) is 12.0 Å². The highest BCUT2D eigenvalue weighted by atomic mass is 32.2. The predicted octanol–water partition coefficient (Wildman–Crippen LogP) is 2.31. The summed E-state index contributed by atoms with van der Waals surface area (Å²) < 4.78 is 0. The highest BCUT2D eigenvalue weighted by molar-refractivity contribution is 7.99. The molecule has 0 aliphatic rings. The van der Waals surface area contributed by atoms with Crippen molar-refractivity contribution in [3.05, 3.63) is 0 Å². The third kappa shape index (κ3) is 22.6. The van der Waals surface area contributed by atoms with Crippen molar-refractivity contribution < 1.29 is 9.59 Å². The van der Waals surface area contributed by atoms with Crippen LogP contribution in [0.5, 0.6) is 0 Å². The second-order valence-corrected chi connectivity index (χ2v) is 3.45. The third-order valence-corrected chi connectivity index (χ3v) is 1.64. The first-order valence-electron chi connectivity index (χ1n) is 4.02. The van der Waals surface area contributed by atoms with Gasteiger partial charge in [-0.3, -0.25) is 4.79 Å². The lowest BCUT2D eigenvalue weighted by Crippen LogP contribution is -1.90. The molecule has 0 aliphatic heterocycles. The SMILES string of the molecule is CCCC(C)=O.CSCC(C)=O. The molecular formula is C9H18O2S. The van der Waals surface area contributed by atoms with E-state index < -0.39 is 0 Å². The van der Waals surface area contributed by atoms with Crippen LogP contribution in [0.2, 0.25) is 0 Å². The summed E-state index contributed by atoms with van der Waals surface area (Å²) in [5.74, 6) is 1.19. The molecule has 0 saturated heterocycles. The van der Waals surface area contributed by atoms with Crippen molar-refractivity contribution in [1.29, 1.82) is 0 Å². The Labute approximate surface area is 79.1 Å². The average Bonchev–Trinajstić information content (AvgIpc) is 1.87. The van der Waals surface area contributed by atoms with Crippen LogP contribution in [-0.2, 0) is 9.59 Å². The van der Waals surface area contributed by atoms with Gasteiger partial charge in [0.05, 0.1) is 5.75 Å². The Morgan fingerprint density at radius 2 is 1.67 bits per heavy atom. The van der Waals surface area contributed by atoms with E-state index in [1.165, 1.54) is 0 Å². The molecule has 0 rings (SSSR count). The van der Waals surface area contributed by atoms with Gasteiger partial charge in [0.15, 0.2) is 0 Å². The molecule has 3 heteroatoms. The summed E-state index contributed by atoms with van der Waals surface area (Å²) in [5.41, 5.74) is 0. The van der Waals surface area contributed by atoms with Crippen molar-refractivity contribution in [2.24, 2.45) is 0 Å². The van der Waals surface area contributed by atoms with Gasteiger partial charge >= 0.3 is 0 Å². The van der Waals surface area contributed by atoms with E-state index in [2.05, 4.69) is 0 Å². The fourth-order valence-electron chi connectivity index (χ4n) is 0.555. The lowest BCUT2D eigenvalue weighted by molar-refractivity contribution is -0.117. The van der Waals surface area contributed by atoms with Crippen LogP contribution in [0.25, 0.3) is 0 Å². The van der Waals surface area contributed by atoms with Gasteiger partial charge in [0.25, 0.3) is 0 Å². The van der Waals surface area contributed by atoms with Gasteiger partial charge in [0, 0.05) is 6.42 Å². The summed E-state index contributed by atoms with van der Waals surface area (Å²) in [4.78, 5) is 20.1. The molecule has 0 N–H and O–H groups in total. The van der Waals surface area contributed by atoms with Crippen LogP contribution in [0.1, 0.15) is 33.6 Å². The van der Waals surface area contributed by atoms with E-state index in [0.717, 1.165) is 12.8 Å². The van der Waals surface area contributed by atoms with Crippen LogP contribution in [0.4, 0.5) is 0 Å².